The summed E-state index contributed by atoms with van der Waals surface area (Å²) in [7, 11) is 0. The summed E-state index contributed by atoms with van der Waals surface area (Å²) in [4.78, 5) is 4.67. The van der Waals surface area contributed by atoms with Crippen molar-refractivity contribution in [2.75, 3.05) is 6.61 Å². The molecule has 0 fully saturated rings. The molecule has 4 N–H and O–H groups in total. The number of H-pyrrole nitrogens is 1. The average molecular weight is 485 g/mol. The Morgan fingerprint density at radius 1 is 1.03 bits per heavy atom. The number of aryl methyl sites for hydroxylation is 1. The van der Waals surface area contributed by atoms with E-state index in [1.54, 1.807) is 24.4 Å². The van der Waals surface area contributed by atoms with Crippen LogP contribution in [-0.4, -0.2) is 32.9 Å². The summed E-state index contributed by atoms with van der Waals surface area (Å²) < 4.78 is 6.05. The van der Waals surface area contributed by atoms with Gasteiger partial charge in [-0.25, -0.2) is 0 Å². The summed E-state index contributed by atoms with van der Waals surface area (Å²) >= 11 is 6.24. The van der Waals surface area contributed by atoms with Crippen LogP contribution in [0.5, 0.6) is 11.5 Å². The van der Waals surface area contributed by atoms with Crippen molar-refractivity contribution < 1.29 is 9.84 Å². The van der Waals surface area contributed by atoms with Crippen molar-refractivity contribution in [3.8, 4) is 33.9 Å². The maximum absolute atomic E-state index is 10.6. The van der Waals surface area contributed by atoms with Crippen molar-refractivity contribution in [3.63, 3.8) is 0 Å². The molecule has 6 nitrogen and oxygen atoms in total. The molecule has 176 valence electrons. The van der Waals surface area contributed by atoms with Crippen molar-refractivity contribution in [3.05, 3.63) is 95.3 Å². The normalized spacial score (nSPS) is 12.1. The van der Waals surface area contributed by atoms with Gasteiger partial charge in [0, 0.05) is 27.6 Å². The molecule has 1 atom stereocenters. The van der Waals surface area contributed by atoms with Gasteiger partial charge in [-0.05, 0) is 60.9 Å². The van der Waals surface area contributed by atoms with Gasteiger partial charge in [0.2, 0.25) is 0 Å². The smallest absolute Gasteiger partial charge is 0.138 e. The molecule has 0 aliphatic carbocycles. The zero-order chi connectivity index (χ0) is 24.4. The van der Waals surface area contributed by atoms with Crippen molar-refractivity contribution >= 4 is 22.5 Å². The molecule has 7 heteroatoms. The van der Waals surface area contributed by atoms with Gasteiger partial charge in [0.1, 0.15) is 18.1 Å². The van der Waals surface area contributed by atoms with Crippen molar-refractivity contribution in [2.24, 2.45) is 5.73 Å². The Hall–Kier alpha value is -3.87. The van der Waals surface area contributed by atoms with Gasteiger partial charge >= 0.3 is 0 Å². The number of phenols is 1. The zero-order valence-corrected chi connectivity index (χ0v) is 20.0. The van der Waals surface area contributed by atoms with Crippen LogP contribution < -0.4 is 10.5 Å². The van der Waals surface area contributed by atoms with Gasteiger partial charge in [-0.15, -0.1) is 0 Å². The van der Waals surface area contributed by atoms with E-state index >= 15 is 0 Å². The van der Waals surface area contributed by atoms with E-state index in [-0.39, 0.29) is 11.8 Å². The van der Waals surface area contributed by atoms with Gasteiger partial charge in [-0.2, -0.15) is 5.10 Å². The van der Waals surface area contributed by atoms with Crippen LogP contribution in [-0.2, 0) is 6.42 Å². The van der Waals surface area contributed by atoms with Gasteiger partial charge < -0.3 is 15.6 Å². The lowest BCUT2D eigenvalue weighted by molar-refractivity contribution is 0.287. The highest BCUT2D eigenvalue weighted by atomic mass is 35.5. The molecular weight excluding hydrogens is 460 g/mol. The number of aromatic amines is 1. The highest BCUT2D eigenvalue weighted by Gasteiger charge is 2.17. The topological polar surface area (TPSA) is 97.0 Å². The van der Waals surface area contributed by atoms with Crippen molar-refractivity contribution in [2.45, 2.75) is 19.4 Å². The number of hydrogen-bond donors (Lipinski definition) is 3. The monoisotopic (exact) mass is 484 g/mol. The minimum absolute atomic E-state index is 0.0993. The van der Waals surface area contributed by atoms with E-state index in [0.717, 1.165) is 33.3 Å². The number of nitrogens with one attached hydrogen (secondary N) is 1. The molecular formula is C28H25ClN4O2. The number of aromatic hydroxyl groups is 1. The van der Waals surface area contributed by atoms with Crippen LogP contribution in [0.15, 0.2) is 79.0 Å². The number of hydrogen-bond acceptors (Lipinski definition) is 5. The quantitative estimate of drug-likeness (QED) is 0.267. The zero-order valence-electron chi connectivity index (χ0n) is 19.2. The first kappa shape index (κ1) is 22.9. The molecule has 0 saturated heterocycles. The number of halogens is 1. The van der Waals surface area contributed by atoms with Crippen molar-refractivity contribution in [1.29, 1.82) is 0 Å². The number of nitrogens with two attached hydrogens (primary N) is 1. The summed E-state index contributed by atoms with van der Waals surface area (Å²) in [5.74, 6) is 0.695. The molecule has 35 heavy (non-hydrogen) atoms. The Morgan fingerprint density at radius 3 is 2.69 bits per heavy atom. The number of pyridine rings is 1. The first-order chi connectivity index (χ1) is 17.0. The maximum Gasteiger partial charge on any atom is 0.138 e. The third-order valence-electron chi connectivity index (χ3n) is 5.95. The van der Waals surface area contributed by atoms with Crippen LogP contribution in [0.4, 0.5) is 0 Å². The van der Waals surface area contributed by atoms with E-state index in [9.17, 15) is 5.11 Å². The van der Waals surface area contributed by atoms with E-state index in [1.807, 2.05) is 43.3 Å². The molecule has 5 aromatic rings. The van der Waals surface area contributed by atoms with Gasteiger partial charge in [0.05, 0.1) is 23.1 Å². The van der Waals surface area contributed by atoms with Crippen LogP contribution in [0.25, 0.3) is 33.3 Å². The lowest BCUT2D eigenvalue weighted by Gasteiger charge is -2.16. The second kappa shape index (κ2) is 9.78. The van der Waals surface area contributed by atoms with E-state index in [2.05, 4.69) is 33.4 Å². The van der Waals surface area contributed by atoms with Crippen LogP contribution in [0.2, 0.25) is 5.02 Å². The minimum Gasteiger partial charge on any atom is -0.507 e. The summed E-state index contributed by atoms with van der Waals surface area (Å²) in [5.41, 5.74) is 12.2. The van der Waals surface area contributed by atoms with Crippen LogP contribution in [0.1, 0.15) is 11.3 Å². The van der Waals surface area contributed by atoms with E-state index in [0.29, 0.717) is 35.1 Å². The number of rotatable bonds is 7. The number of aromatic nitrogens is 3. The van der Waals surface area contributed by atoms with Gasteiger partial charge in [0.25, 0.3) is 0 Å². The number of phenolic OH excluding ortho intramolecular Hbond substituents is 1. The van der Waals surface area contributed by atoms with E-state index < -0.39 is 0 Å². The average Bonchev–Trinajstić information content (AvgIpc) is 3.25. The third-order valence-corrected chi connectivity index (χ3v) is 6.18. The Labute approximate surface area is 208 Å². The molecule has 0 bridgehead atoms. The summed E-state index contributed by atoms with van der Waals surface area (Å²) in [6, 6.07) is 22.8. The molecule has 3 aromatic carbocycles. The van der Waals surface area contributed by atoms with Crippen LogP contribution in [0, 0.1) is 6.92 Å². The summed E-state index contributed by atoms with van der Waals surface area (Å²) in [6.45, 7) is 2.30. The molecule has 0 saturated carbocycles. The molecule has 0 unspecified atom stereocenters. The highest BCUT2D eigenvalue weighted by molar-refractivity contribution is 6.31. The molecule has 0 amide bonds. The largest absolute Gasteiger partial charge is 0.507 e. The maximum atomic E-state index is 10.6. The second-order valence-corrected chi connectivity index (χ2v) is 9.00. The molecule has 2 heterocycles. The second-order valence-electron chi connectivity index (χ2n) is 8.56. The molecule has 0 aliphatic heterocycles. The Kier molecular flexibility index (Phi) is 6.40. The van der Waals surface area contributed by atoms with Crippen molar-refractivity contribution in [1.82, 2.24) is 15.2 Å². The van der Waals surface area contributed by atoms with Crippen LogP contribution >= 0.6 is 11.6 Å². The Morgan fingerprint density at radius 2 is 1.86 bits per heavy atom. The SMILES string of the molecule is Cc1n[nH]c2ccc(-c3cc(OC[C@@H](N)Cc4ccccc4)cnc3-c3cc(Cl)ccc3O)cc12. The van der Waals surface area contributed by atoms with E-state index in [4.69, 9.17) is 22.1 Å². The van der Waals surface area contributed by atoms with Gasteiger partial charge in [0.15, 0.2) is 0 Å². The molecule has 0 spiro atoms. The predicted molar refractivity (Wildman–Crippen MR) is 140 cm³/mol. The standard InChI is InChI=1S/C28H25ClN4O2/c1-17-23-12-19(7-9-26(23)33-32-17)24-14-22(35-16-21(30)11-18-5-3-2-4-6-18)15-31-28(24)25-13-20(29)8-10-27(25)34/h2-10,12-15,21,34H,11,16,30H2,1H3,(H,32,33)/t21-/m0/s1. The fourth-order valence-corrected chi connectivity index (χ4v) is 4.32. The van der Waals surface area contributed by atoms with Crippen LogP contribution in [0.3, 0.4) is 0 Å². The number of fused-ring (bicyclic) bond motifs is 1. The highest BCUT2D eigenvalue weighted by Crippen LogP contribution is 2.39. The summed E-state index contributed by atoms with van der Waals surface area (Å²) in [5, 5.41) is 19.4. The number of benzene rings is 3. The first-order valence-corrected chi connectivity index (χ1v) is 11.7. The number of nitrogens with zero attached hydrogens (tertiary/aromatic N) is 2. The molecule has 0 aliphatic rings. The third kappa shape index (κ3) is 4.99. The first-order valence-electron chi connectivity index (χ1n) is 11.3. The Balaban J connectivity index is 1.50. The lowest BCUT2D eigenvalue weighted by Crippen LogP contribution is -2.30. The fraction of sp³-hybridized carbons (Fsp3) is 0.143. The van der Waals surface area contributed by atoms with Gasteiger partial charge in [-0.1, -0.05) is 48.0 Å². The molecule has 5 rings (SSSR count). The Bertz CT molecular complexity index is 1480. The fourth-order valence-electron chi connectivity index (χ4n) is 4.15. The minimum atomic E-state index is -0.164. The molecule has 2 aromatic heterocycles. The lowest BCUT2D eigenvalue weighted by atomic mass is 9.97. The number of ether oxygens (including phenoxy) is 1. The predicted octanol–water partition coefficient (Wildman–Crippen LogP) is 5.91. The summed E-state index contributed by atoms with van der Waals surface area (Å²) in [6.07, 6.45) is 2.36. The van der Waals surface area contributed by atoms with Gasteiger partial charge in [-0.3, -0.25) is 10.1 Å². The van der Waals surface area contributed by atoms with E-state index in [1.165, 1.54) is 0 Å². The molecule has 0 radical (unpaired) electrons.